The summed E-state index contributed by atoms with van der Waals surface area (Å²) in [5.74, 6) is -2.37. The highest BCUT2D eigenvalue weighted by molar-refractivity contribution is 5.87. The van der Waals surface area contributed by atoms with Crippen LogP contribution in [0.25, 0.3) is 0 Å². The van der Waals surface area contributed by atoms with E-state index in [1.807, 2.05) is 6.92 Å². The molecule has 104 valence electrons. The van der Waals surface area contributed by atoms with Crippen molar-refractivity contribution in [1.29, 1.82) is 0 Å². The number of aliphatic carboxylic acids is 1. The molecule has 7 nitrogen and oxygen atoms in total. The summed E-state index contributed by atoms with van der Waals surface area (Å²) in [4.78, 5) is 33.2. The summed E-state index contributed by atoms with van der Waals surface area (Å²) in [5, 5.41) is 11.1. The van der Waals surface area contributed by atoms with E-state index in [1.165, 1.54) is 0 Å². The lowest BCUT2D eigenvalue weighted by molar-refractivity contribution is -0.148. The largest absolute Gasteiger partial charge is 0.480 e. The van der Waals surface area contributed by atoms with Crippen LogP contribution >= 0.6 is 0 Å². The van der Waals surface area contributed by atoms with Crippen LogP contribution in [0.1, 0.15) is 26.2 Å². The van der Waals surface area contributed by atoms with Crippen molar-refractivity contribution in [3.8, 4) is 0 Å². The topological polar surface area (TPSA) is 102 Å². The highest BCUT2D eigenvalue weighted by Crippen LogP contribution is 1.98. The fourth-order valence-electron chi connectivity index (χ4n) is 1.20. The standard InChI is InChI=1S/C11H19NO6/c1-3-18-6-4-5-9(13)12-8(11(15)16)7-10(14)17-2/h8H,3-7H2,1-2H3,(H,12,13)(H,15,16)/t8-/m0/s1. The van der Waals surface area contributed by atoms with Crippen molar-refractivity contribution < 1.29 is 29.0 Å². The Kier molecular flexibility index (Phi) is 8.55. The van der Waals surface area contributed by atoms with Crippen LogP contribution in [0.15, 0.2) is 0 Å². The van der Waals surface area contributed by atoms with Gasteiger partial charge in [0.1, 0.15) is 6.04 Å². The molecule has 0 aliphatic carbocycles. The van der Waals surface area contributed by atoms with Gasteiger partial charge in [0.15, 0.2) is 0 Å². The van der Waals surface area contributed by atoms with Gasteiger partial charge in [-0.1, -0.05) is 0 Å². The molecule has 0 saturated carbocycles. The SMILES string of the molecule is CCOCCCC(=O)N[C@@H](CC(=O)OC)C(=O)O. The third-order valence-corrected chi connectivity index (χ3v) is 2.13. The van der Waals surface area contributed by atoms with E-state index >= 15 is 0 Å². The number of amides is 1. The molecule has 0 unspecified atom stereocenters. The van der Waals surface area contributed by atoms with Crippen LogP contribution in [-0.2, 0) is 23.9 Å². The molecule has 0 aromatic heterocycles. The van der Waals surface area contributed by atoms with Gasteiger partial charge in [0.05, 0.1) is 13.5 Å². The van der Waals surface area contributed by atoms with Crippen molar-refractivity contribution in [1.82, 2.24) is 5.32 Å². The first-order valence-corrected chi connectivity index (χ1v) is 5.68. The third kappa shape index (κ3) is 7.61. The summed E-state index contributed by atoms with van der Waals surface area (Å²) >= 11 is 0. The Bertz CT molecular complexity index is 291. The number of carbonyl (C=O) groups is 3. The number of esters is 1. The molecule has 1 amide bonds. The molecule has 0 aromatic carbocycles. The van der Waals surface area contributed by atoms with Crippen LogP contribution in [0, 0.1) is 0 Å². The second kappa shape index (κ2) is 9.41. The van der Waals surface area contributed by atoms with Crippen molar-refractivity contribution in [2.24, 2.45) is 0 Å². The van der Waals surface area contributed by atoms with Gasteiger partial charge in [-0.25, -0.2) is 4.79 Å². The average Bonchev–Trinajstić information content (AvgIpc) is 2.33. The first-order valence-electron chi connectivity index (χ1n) is 5.68. The zero-order valence-electron chi connectivity index (χ0n) is 10.6. The first kappa shape index (κ1) is 16.4. The second-order valence-electron chi connectivity index (χ2n) is 3.54. The van der Waals surface area contributed by atoms with Gasteiger partial charge in [0.25, 0.3) is 0 Å². The predicted octanol–water partition coefficient (Wildman–Crippen LogP) is -0.0644. The zero-order valence-corrected chi connectivity index (χ0v) is 10.6. The minimum absolute atomic E-state index is 0.158. The van der Waals surface area contributed by atoms with Gasteiger partial charge in [-0.05, 0) is 13.3 Å². The number of carbonyl (C=O) groups excluding carboxylic acids is 2. The highest BCUT2D eigenvalue weighted by Gasteiger charge is 2.23. The second-order valence-corrected chi connectivity index (χ2v) is 3.54. The monoisotopic (exact) mass is 261 g/mol. The van der Waals surface area contributed by atoms with Crippen LogP contribution in [-0.4, -0.2) is 49.3 Å². The Morgan fingerprint density at radius 3 is 2.50 bits per heavy atom. The molecule has 1 atom stereocenters. The van der Waals surface area contributed by atoms with Crippen LogP contribution in [0.3, 0.4) is 0 Å². The summed E-state index contributed by atoms with van der Waals surface area (Å²) in [5.41, 5.74) is 0. The molecule has 0 radical (unpaired) electrons. The van der Waals surface area contributed by atoms with Gasteiger partial charge in [-0.2, -0.15) is 0 Å². The zero-order chi connectivity index (χ0) is 14.0. The lowest BCUT2D eigenvalue weighted by atomic mass is 10.2. The Labute approximate surface area is 105 Å². The summed E-state index contributed by atoms with van der Waals surface area (Å²) < 4.78 is 9.40. The quantitative estimate of drug-likeness (QED) is 0.445. The molecule has 0 spiro atoms. The number of carboxylic acids is 1. The molecule has 2 N–H and O–H groups in total. The molecule has 0 fully saturated rings. The van der Waals surface area contributed by atoms with E-state index in [0.29, 0.717) is 19.6 Å². The minimum Gasteiger partial charge on any atom is -0.480 e. The molecule has 0 saturated heterocycles. The number of hydrogen-bond acceptors (Lipinski definition) is 5. The Morgan fingerprint density at radius 2 is 2.00 bits per heavy atom. The third-order valence-electron chi connectivity index (χ3n) is 2.13. The average molecular weight is 261 g/mol. The minimum atomic E-state index is -1.27. The number of hydrogen-bond donors (Lipinski definition) is 2. The van der Waals surface area contributed by atoms with Gasteiger partial charge in [-0.3, -0.25) is 9.59 Å². The molecular formula is C11H19NO6. The summed E-state index contributed by atoms with van der Waals surface area (Å²) in [7, 11) is 1.16. The number of carboxylic acid groups (broad SMARTS) is 1. The maximum absolute atomic E-state index is 11.4. The molecule has 0 aromatic rings. The van der Waals surface area contributed by atoms with Gasteiger partial charge in [0.2, 0.25) is 5.91 Å². The van der Waals surface area contributed by atoms with E-state index < -0.39 is 23.9 Å². The van der Waals surface area contributed by atoms with E-state index in [4.69, 9.17) is 9.84 Å². The van der Waals surface area contributed by atoms with Crippen LogP contribution in [0.2, 0.25) is 0 Å². The number of ether oxygens (including phenoxy) is 2. The smallest absolute Gasteiger partial charge is 0.326 e. The van der Waals surface area contributed by atoms with E-state index in [1.54, 1.807) is 0 Å². The lowest BCUT2D eigenvalue weighted by Gasteiger charge is -2.13. The van der Waals surface area contributed by atoms with E-state index in [0.717, 1.165) is 7.11 Å². The number of rotatable bonds is 9. The lowest BCUT2D eigenvalue weighted by Crippen LogP contribution is -2.42. The first-order chi connectivity index (χ1) is 8.51. The Morgan fingerprint density at radius 1 is 1.33 bits per heavy atom. The Hall–Kier alpha value is -1.63. The summed E-state index contributed by atoms with van der Waals surface area (Å²) in [6.07, 6.45) is 0.276. The van der Waals surface area contributed by atoms with Crippen molar-refractivity contribution in [3.05, 3.63) is 0 Å². The van der Waals surface area contributed by atoms with Gasteiger partial charge in [0, 0.05) is 19.6 Å². The maximum Gasteiger partial charge on any atom is 0.326 e. The molecule has 0 bridgehead atoms. The Balaban J connectivity index is 4.04. The van der Waals surface area contributed by atoms with Gasteiger partial charge < -0.3 is 19.9 Å². The fraction of sp³-hybridized carbons (Fsp3) is 0.727. The van der Waals surface area contributed by atoms with Crippen LogP contribution in [0.5, 0.6) is 0 Å². The maximum atomic E-state index is 11.4. The van der Waals surface area contributed by atoms with Crippen molar-refractivity contribution in [2.45, 2.75) is 32.2 Å². The highest BCUT2D eigenvalue weighted by atomic mass is 16.5. The van der Waals surface area contributed by atoms with E-state index in [-0.39, 0.29) is 12.8 Å². The molecule has 0 rings (SSSR count). The van der Waals surface area contributed by atoms with Crippen LogP contribution in [0.4, 0.5) is 0 Å². The number of methoxy groups -OCH3 is 1. The summed E-state index contributed by atoms with van der Waals surface area (Å²) in [6.45, 7) is 2.86. The molecule has 7 heteroatoms. The molecular weight excluding hydrogens is 242 g/mol. The fourth-order valence-corrected chi connectivity index (χ4v) is 1.20. The van der Waals surface area contributed by atoms with Crippen molar-refractivity contribution in [3.63, 3.8) is 0 Å². The molecule has 18 heavy (non-hydrogen) atoms. The molecule has 0 aliphatic heterocycles. The van der Waals surface area contributed by atoms with E-state index in [9.17, 15) is 14.4 Å². The molecule has 0 aliphatic rings. The van der Waals surface area contributed by atoms with Gasteiger partial charge >= 0.3 is 11.9 Å². The number of nitrogens with one attached hydrogen (secondary N) is 1. The van der Waals surface area contributed by atoms with E-state index in [2.05, 4.69) is 10.1 Å². The predicted molar refractivity (Wildman–Crippen MR) is 61.9 cm³/mol. The van der Waals surface area contributed by atoms with Crippen LogP contribution < -0.4 is 5.32 Å². The normalized spacial score (nSPS) is 11.7. The molecule has 0 heterocycles. The summed E-state index contributed by atoms with van der Waals surface area (Å²) in [6, 6.07) is -1.25. The van der Waals surface area contributed by atoms with Crippen molar-refractivity contribution in [2.75, 3.05) is 20.3 Å². The van der Waals surface area contributed by atoms with Gasteiger partial charge in [-0.15, -0.1) is 0 Å². The van der Waals surface area contributed by atoms with Crippen molar-refractivity contribution >= 4 is 17.8 Å².